The lowest BCUT2D eigenvalue weighted by Gasteiger charge is -2.26. The zero-order valence-electron chi connectivity index (χ0n) is 25.4. The molecule has 0 aromatic carbocycles. The van der Waals surface area contributed by atoms with Crippen LogP contribution in [0.1, 0.15) is 93.8 Å². The monoisotopic (exact) mass is 572 g/mol. The Balaban J connectivity index is 1.34. The number of amides is 2. The van der Waals surface area contributed by atoms with Crippen LogP contribution in [0.15, 0.2) is 24.3 Å². The molecule has 6 heterocycles. The van der Waals surface area contributed by atoms with Gasteiger partial charge in [-0.3, -0.25) is 9.69 Å². The first kappa shape index (κ1) is 28.1. The van der Waals surface area contributed by atoms with Crippen LogP contribution in [0.2, 0.25) is 0 Å². The van der Waals surface area contributed by atoms with Crippen LogP contribution in [0.25, 0.3) is 11.5 Å². The SMILES string of the molecule is CC[C@H]1CCc2nnc(-c3cccc(N4Cc5c(cc(N6CCC[C@H]6C)nc5CN(C)C(=O)OC(C)(C)C)C4=O)n3)n21. The highest BCUT2D eigenvalue weighted by atomic mass is 16.6. The molecule has 3 aliphatic rings. The molecule has 11 nitrogen and oxygen atoms in total. The van der Waals surface area contributed by atoms with Gasteiger partial charge in [-0.2, -0.15) is 0 Å². The molecule has 2 atom stereocenters. The summed E-state index contributed by atoms with van der Waals surface area (Å²) in [6.07, 6.45) is 4.70. The summed E-state index contributed by atoms with van der Waals surface area (Å²) in [5, 5.41) is 8.88. The number of fused-ring (bicyclic) bond motifs is 2. The molecule has 11 heteroatoms. The van der Waals surface area contributed by atoms with Crippen molar-refractivity contribution in [2.45, 2.75) is 97.5 Å². The first-order chi connectivity index (χ1) is 20.0. The largest absolute Gasteiger partial charge is 0.444 e. The number of carbonyl (C=O) groups excluding carboxylic acids is 2. The fourth-order valence-electron chi connectivity index (χ4n) is 6.28. The molecule has 1 fully saturated rings. The molecule has 3 aromatic rings. The second kappa shape index (κ2) is 10.7. The van der Waals surface area contributed by atoms with E-state index in [1.807, 2.05) is 45.0 Å². The van der Waals surface area contributed by atoms with Crippen LogP contribution < -0.4 is 9.80 Å². The van der Waals surface area contributed by atoms with E-state index >= 15 is 0 Å². The fraction of sp³-hybridized carbons (Fsp3) is 0.548. The maximum Gasteiger partial charge on any atom is 0.410 e. The molecule has 0 saturated carbocycles. The van der Waals surface area contributed by atoms with Gasteiger partial charge < -0.3 is 19.1 Å². The third-order valence-electron chi connectivity index (χ3n) is 8.47. The Morgan fingerprint density at radius 1 is 1.14 bits per heavy atom. The van der Waals surface area contributed by atoms with Crippen molar-refractivity contribution >= 4 is 23.6 Å². The van der Waals surface area contributed by atoms with Gasteiger partial charge in [-0.15, -0.1) is 10.2 Å². The summed E-state index contributed by atoms with van der Waals surface area (Å²) in [5.74, 6) is 2.94. The van der Waals surface area contributed by atoms with Gasteiger partial charge in [0.15, 0.2) is 5.82 Å². The molecule has 3 aromatic heterocycles. The zero-order chi connectivity index (χ0) is 29.8. The van der Waals surface area contributed by atoms with Crippen molar-refractivity contribution in [3.63, 3.8) is 0 Å². The first-order valence-corrected chi connectivity index (χ1v) is 15.0. The van der Waals surface area contributed by atoms with Crippen LogP contribution in [0.4, 0.5) is 16.4 Å². The van der Waals surface area contributed by atoms with Gasteiger partial charge in [-0.1, -0.05) is 13.0 Å². The number of hydrogen-bond donors (Lipinski definition) is 0. The standard InChI is InChI=1S/C31H40N8O3/c1-7-20-13-14-26-34-35-28(39(20)26)23-11-8-12-25(32-23)38-17-22-21(29(38)40)16-27(37-15-9-10-19(37)2)33-24(22)18-36(6)30(41)42-31(3,4)5/h8,11-12,16,19-20H,7,9-10,13-15,17-18H2,1-6H3/t19-,20+/m1/s1. The summed E-state index contributed by atoms with van der Waals surface area (Å²) in [5.41, 5.74) is 2.20. The van der Waals surface area contributed by atoms with Crippen molar-refractivity contribution < 1.29 is 14.3 Å². The van der Waals surface area contributed by atoms with Gasteiger partial charge in [0.1, 0.15) is 28.8 Å². The van der Waals surface area contributed by atoms with Crippen molar-refractivity contribution in [3.05, 3.63) is 46.9 Å². The number of pyridine rings is 2. The molecule has 0 N–H and O–H groups in total. The van der Waals surface area contributed by atoms with Gasteiger partial charge in [-0.05, 0) is 71.6 Å². The summed E-state index contributed by atoms with van der Waals surface area (Å²) in [7, 11) is 1.70. The third kappa shape index (κ3) is 5.09. The molecule has 0 spiro atoms. The van der Waals surface area contributed by atoms with Crippen molar-refractivity contribution in [1.82, 2.24) is 29.6 Å². The number of anilines is 2. The van der Waals surface area contributed by atoms with Crippen LogP contribution in [-0.4, -0.2) is 66.9 Å². The van der Waals surface area contributed by atoms with Crippen LogP contribution in [0, 0.1) is 0 Å². The van der Waals surface area contributed by atoms with Crippen molar-refractivity contribution in [2.24, 2.45) is 0 Å². The highest BCUT2D eigenvalue weighted by Gasteiger charge is 2.36. The Labute approximate surface area is 246 Å². The Hall–Kier alpha value is -4.02. The van der Waals surface area contributed by atoms with Gasteiger partial charge in [0, 0.05) is 37.7 Å². The Bertz CT molecular complexity index is 1530. The van der Waals surface area contributed by atoms with Gasteiger partial charge in [0.2, 0.25) is 0 Å². The second-order valence-corrected chi connectivity index (χ2v) is 12.7. The van der Waals surface area contributed by atoms with Crippen LogP contribution in [0.5, 0.6) is 0 Å². The summed E-state index contributed by atoms with van der Waals surface area (Å²) < 4.78 is 7.79. The number of hydrogen-bond acceptors (Lipinski definition) is 8. The fourth-order valence-corrected chi connectivity index (χ4v) is 6.28. The predicted octanol–water partition coefficient (Wildman–Crippen LogP) is 5.15. The Kier molecular flexibility index (Phi) is 7.14. The first-order valence-electron chi connectivity index (χ1n) is 15.0. The quantitative estimate of drug-likeness (QED) is 0.399. The summed E-state index contributed by atoms with van der Waals surface area (Å²) >= 11 is 0. The maximum atomic E-state index is 14.0. The number of carbonyl (C=O) groups is 2. The van der Waals surface area contributed by atoms with Gasteiger partial charge in [0.25, 0.3) is 5.91 Å². The van der Waals surface area contributed by atoms with Gasteiger partial charge >= 0.3 is 6.09 Å². The average molecular weight is 573 g/mol. The molecule has 0 aliphatic carbocycles. The summed E-state index contributed by atoms with van der Waals surface area (Å²) in [6, 6.07) is 8.30. The number of aromatic nitrogens is 5. The van der Waals surface area contributed by atoms with E-state index in [-0.39, 0.29) is 12.5 Å². The molecule has 6 rings (SSSR count). The minimum Gasteiger partial charge on any atom is -0.444 e. The zero-order valence-corrected chi connectivity index (χ0v) is 25.4. The van der Waals surface area contributed by atoms with E-state index in [1.165, 1.54) is 4.90 Å². The van der Waals surface area contributed by atoms with E-state index in [9.17, 15) is 9.59 Å². The highest BCUT2D eigenvalue weighted by Crippen LogP contribution is 2.36. The van der Waals surface area contributed by atoms with Gasteiger partial charge in [0.05, 0.1) is 24.3 Å². The average Bonchev–Trinajstić information content (AvgIpc) is 3.72. The van der Waals surface area contributed by atoms with Crippen molar-refractivity contribution in [2.75, 3.05) is 23.4 Å². The normalized spacial score (nSPS) is 19.8. The van der Waals surface area contributed by atoms with E-state index in [0.717, 1.165) is 61.7 Å². The molecule has 3 aliphatic heterocycles. The highest BCUT2D eigenvalue weighted by molar-refractivity contribution is 6.10. The van der Waals surface area contributed by atoms with Crippen molar-refractivity contribution in [1.29, 1.82) is 0 Å². The molecule has 0 unspecified atom stereocenters. The molecular weight excluding hydrogens is 532 g/mol. The molecule has 2 amide bonds. The lowest BCUT2D eigenvalue weighted by Crippen LogP contribution is -2.34. The molecule has 1 saturated heterocycles. The van der Waals surface area contributed by atoms with E-state index in [0.29, 0.717) is 41.4 Å². The van der Waals surface area contributed by atoms with E-state index in [1.54, 1.807) is 11.9 Å². The van der Waals surface area contributed by atoms with E-state index < -0.39 is 11.7 Å². The number of aryl methyl sites for hydroxylation is 1. The Morgan fingerprint density at radius 2 is 1.95 bits per heavy atom. The minimum absolute atomic E-state index is 0.121. The number of ether oxygens (including phenoxy) is 1. The minimum atomic E-state index is -0.612. The maximum absolute atomic E-state index is 14.0. The molecule has 0 radical (unpaired) electrons. The lowest BCUT2D eigenvalue weighted by atomic mass is 10.1. The second-order valence-electron chi connectivity index (χ2n) is 12.7. The van der Waals surface area contributed by atoms with E-state index in [2.05, 4.69) is 33.5 Å². The van der Waals surface area contributed by atoms with Crippen LogP contribution in [-0.2, 0) is 24.2 Å². The molecule has 222 valence electrons. The molecular formula is C31H40N8O3. The number of nitrogens with zero attached hydrogens (tertiary/aromatic N) is 8. The third-order valence-corrected chi connectivity index (χ3v) is 8.47. The summed E-state index contributed by atoms with van der Waals surface area (Å²) in [4.78, 5) is 42.3. The topological polar surface area (TPSA) is 110 Å². The number of rotatable bonds is 6. The van der Waals surface area contributed by atoms with Gasteiger partial charge in [-0.25, -0.2) is 14.8 Å². The van der Waals surface area contributed by atoms with Crippen LogP contribution in [0.3, 0.4) is 0 Å². The smallest absolute Gasteiger partial charge is 0.410 e. The van der Waals surface area contributed by atoms with Crippen molar-refractivity contribution in [3.8, 4) is 11.5 Å². The lowest BCUT2D eigenvalue weighted by molar-refractivity contribution is 0.0282. The Morgan fingerprint density at radius 3 is 2.67 bits per heavy atom. The molecule has 42 heavy (non-hydrogen) atoms. The predicted molar refractivity (Wildman–Crippen MR) is 159 cm³/mol. The van der Waals surface area contributed by atoms with Crippen LogP contribution >= 0.6 is 0 Å². The molecule has 0 bridgehead atoms. The summed E-state index contributed by atoms with van der Waals surface area (Å²) in [6.45, 7) is 11.3. The van der Waals surface area contributed by atoms with E-state index in [4.69, 9.17) is 14.7 Å².